The van der Waals surface area contributed by atoms with E-state index in [0.717, 1.165) is 29.8 Å². The minimum absolute atomic E-state index is 0.105. The van der Waals surface area contributed by atoms with E-state index in [4.69, 9.17) is 0 Å². The Hall–Kier alpha value is -1.87. The van der Waals surface area contributed by atoms with Crippen LogP contribution in [0.4, 0.5) is 0 Å². The van der Waals surface area contributed by atoms with Crippen molar-refractivity contribution in [3.63, 3.8) is 0 Å². The second-order valence-corrected chi connectivity index (χ2v) is 5.84. The first-order valence-corrected chi connectivity index (χ1v) is 8.12. The van der Waals surface area contributed by atoms with Crippen molar-refractivity contribution in [2.75, 3.05) is 6.54 Å². The molecule has 0 unspecified atom stereocenters. The fourth-order valence-corrected chi connectivity index (χ4v) is 2.65. The largest absolute Gasteiger partial charge is 0.313 e. The molecule has 0 aliphatic rings. The first kappa shape index (κ1) is 16.5. The fraction of sp³-hybridized carbons (Fsp3) is 0.421. The number of benzene rings is 1. The average molecular weight is 298 g/mol. The highest BCUT2D eigenvalue weighted by molar-refractivity contribution is 5.60. The number of hydrogen-bond donors (Lipinski definition) is 1. The van der Waals surface area contributed by atoms with Crippen LogP contribution in [0.5, 0.6) is 0 Å². The standard InChI is InChI=1S/C19H26N2O/c1-5-15-7-9-16(10-8-15)18-12-11-17(13-20-6-2)19(22)21(18)14(3)4/h7-12,14,20H,5-6,13H2,1-4H3. The molecule has 0 amide bonds. The second-order valence-electron chi connectivity index (χ2n) is 5.84. The third kappa shape index (κ3) is 3.47. The summed E-state index contributed by atoms with van der Waals surface area (Å²) in [5, 5.41) is 3.23. The monoisotopic (exact) mass is 298 g/mol. The predicted octanol–water partition coefficient (Wildman–Crippen LogP) is 3.77. The lowest BCUT2D eigenvalue weighted by Gasteiger charge is -2.18. The number of hydrogen-bond acceptors (Lipinski definition) is 2. The molecular weight excluding hydrogens is 272 g/mol. The molecule has 3 heteroatoms. The van der Waals surface area contributed by atoms with Gasteiger partial charge in [-0.05, 0) is 44.0 Å². The average Bonchev–Trinajstić information content (AvgIpc) is 2.53. The zero-order chi connectivity index (χ0) is 16.1. The molecule has 118 valence electrons. The number of nitrogens with one attached hydrogen (secondary N) is 1. The molecule has 0 bridgehead atoms. The number of aryl methyl sites for hydroxylation is 1. The molecule has 1 aromatic heterocycles. The molecular formula is C19H26N2O. The summed E-state index contributed by atoms with van der Waals surface area (Å²) in [6.45, 7) is 9.79. The molecule has 1 heterocycles. The van der Waals surface area contributed by atoms with Gasteiger partial charge in [0.1, 0.15) is 0 Å². The summed E-state index contributed by atoms with van der Waals surface area (Å²) < 4.78 is 1.90. The van der Waals surface area contributed by atoms with E-state index >= 15 is 0 Å². The van der Waals surface area contributed by atoms with Crippen LogP contribution in [0.3, 0.4) is 0 Å². The van der Waals surface area contributed by atoms with Crippen LogP contribution in [0.15, 0.2) is 41.2 Å². The van der Waals surface area contributed by atoms with Crippen molar-refractivity contribution in [2.45, 2.75) is 46.7 Å². The molecule has 0 fully saturated rings. The minimum atomic E-state index is 0.105. The van der Waals surface area contributed by atoms with Gasteiger partial charge in [-0.2, -0.15) is 0 Å². The Bertz CT molecular complexity index is 669. The van der Waals surface area contributed by atoms with Crippen molar-refractivity contribution in [3.8, 4) is 11.3 Å². The Kier molecular flexibility index (Phi) is 5.56. The van der Waals surface area contributed by atoms with Crippen LogP contribution < -0.4 is 10.9 Å². The molecule has 0 aliphatic heterocycles. The topological polar surface area (TPSA) is 34.0 Å². The minimum Gasteiger partial charge on any atom is -0.313 e. The van der Waals surface area contributed by atoms with Gasteiger partial charge in [-0.3, -0.25) is 4.79 Å². The first-order chi connectivity index (χ1) is 10.6. The highest BCUT2D eigenvalue weighted by Crippen LogP contribution is 2.22. The summed E-state index contributed by atoms with van der Waals surface area (Å²) in [5.74, 6) is 0. The van der Waals surface area contributed by atoms with E-state index in [0.29, 0.717) is 6.54 Å². The van der Waals surface area contributed by atoms with E-state index < -0.39 is 0 Å². The second kappa shape index (κ2) is 7.41. The summed E-state index contributed by atoms with van der Waals surface area (Å²) in [6.07, 6.45) is 1.03. The quantitative estimate of drug-likeness (QED) is 0.881. The lowest BCUT2D eigenvalue weighted by atomic mass is 10.1. The molecule has 0 saturated heterocycles. The van der Waals surface area contributed by atoms with E-state index in [1.165, 1.54) is 5.56 Å². The molecule has 0 spiro atoms. The third-order valence-electron chi connectivity index (χ3n) is 3.94. The Morgan fingerprint density at radius 2 is 1.73 bits per heavy atom. The SMILES string of the molecule is CCNCc1ccc(-c2ccc(CC)cc2)n(C(C)C)c1=O. The van der Waals surface area contributed by atoms with Crippen LogP contribution in [0.2, 0.25) is 0 Å². The summed E-state index contributed by atoms with van der Waals surface area (Å²) in [6, 6.07) is 12.6. The molecule has 0 radical (unpaired) electrons. The Balaban J connectivity index is 2.50. The van der Waals surface area contributed by atoms with Gasteiger partial charge < -0.3 is 9.88 Å². The summed E-state index contributed by atoms with van der Waals surface area (Å²) >= 11 is 0. The summed E-state index contributed by atoms with van der Waals surface area (Å²) in [7, 11) is 0. The van der Waals surface area contributed by atoms with Crippen LogP contribution in [0.1, 0.15) is 44.9 Å². The number of pyridine rings is 1. The smallest absolute Gasteiger partial charge is 0.255 e. The molecule has 0 aliphatic carbocycles. The van der Waals surface area contributed by atoms with E-state index in [2.05, 4.69) is 56.4 Å². The first-order valence-electron chi connectivity index (χ1n) is 8.12. The van der Waals surface area contributed by atoms with Gasteiger partial charge in [0.25, 0.3) is 5.56 Å². The zero-order valence-corrected chi connectivity index (χ0v) is 14.0. The van der Waals surface area contributed by atoms with Gasteiger partial charge in [-0.25, -0.2) is 0 Å². The lowest BCUT2D eigenvalue weighted by Crippen LogP contribution is -2.29. The van der Waals surface area contributed by atoms with Crippen LogP contribution in [-0.2, 0) is 13.0 Å². The van der Waals surface area contributed by atoms with Gasteiger partial charge in [0.05, 0.1) is 5.69 Å². The molecule has 1 N–H and O–H groups in total. The molecule has 2 aromatic rings. The van der Waals surface area contributed by atoms with E-state index in [1.54, 1.807) is 0 Å². The van der Waals surface area contributed by atoms with Gasteiger partial charge in [0, 0.05) is 18.2 Å². The van der Waals surface area contributed by atoms with Gasteiger partial charge in [-0.15, -0.1) is 0 Å². The number of nitrogens with zero attached hydrogens (tertiary/aromatic N) is 1. The molecule has 22 heavy (non-hydrogen) atoms. The lowest BCUT2D eigenvalue weighted by molar-refractivity contribution is 0.575. The number of rotatable bonds is 6. The van der Waals surface area contributed by atoms with Crippen molar-refractivity contribution in [2.24, 2.45) is 0 Å². The molecule has 2 rings (SSSR count). The normalized spacial score (nSPS) is 11.1. The Labute approximate surface area is 133 Å². The highest BCUT2D eigenvalue weighted by Gasteiger charge is 2.12. The van der Waals surface area contributed by atoms with Crippen molar-refractivity contribution in [1.82, 2.24) is 9.88 Å². The van der Waals surface area contributed by atoms with Crippen molar-refractivity contribution >= 4 is 0 Å². The van der Waals surface area contributed by atoms with E-state index in [-0.39, 0.29) is 11.6 Å². The zero-order valence-electron chi connectivity index (χ0n) is 14.0. The predicted molar refractivity (Wildman–Crippen MR) is 93.3 cm³/mol. The van der Waals surface area contributed by atoms with Crippen LogP contribution >= 0.6 is 0 Å². The van der Waals surface area contributed by atoms with Gasteiger partial charge in [0.15, 0.2) is 0 Å². The van der Waals surface area contributed by atoms with Gasteiger partial charge in [0.2, 0.25) is 0 Å². The maximum atomic E-state index is 12.8. The molecule has 0 atom stereocenters. The van der Waals surface area contributed by atoms with Gasteiger partial charge in [-0.1, -0.05) is 44.2 Å². The maximum absolute atomic E-state index is 12.8. The Morgan fingerprint density at radius 1 is 1.05 bits per heavy atom. The van der Waals surface area contributed by atoms with Crippen molar-refractivity contribution < 1.29 is 0 Å². The number of aromatic nitrogens is 1. The fourth-order valence-electron chi connectivity index (χ4n) is 2.65. The molecule has 1 aromatic carbocycles. The molecule has 3 nitrogen and oxygen atoms in total. The van der Waals surface area contributed by atoms with Crippen LogP contribution in [0, 0.1) is 0 Å². The summed E-state index contributed by atoms with van der Waals surface area (Å²) in [4.78, 5) is 12.8. The molecule has 0 saturated carbocycles. The highest BCUT2D eigenvalue weighted by atomic mass is 16.1. The third-order valence-corrected chi connectivity index (χ3v) is 3.94. The van der Waals surface area contributed by atoms with Crippen molar-refractivity contribution in [1.29, 1.82) is 0 Å². The van der Waals surface area contributed by atoms with E-state index in [9.17, 15) is 4.79 Å². The van der Waals surface area contributed by atoms with Crippen LogP contribution in [-0.4, -0.2) is 11.1 Å². The Morgan fingerprint density at radius 3 is 2.27 bits per heavy atom. The van der Waals surface area contributed by atoms with E-state index in [1.807, 2.05) is 17.6 Å². The summed E-state index contributed by atoms with van der Waals surface area (Å²) in [5.41, 5.74) is 4.32. The van der Waals surface area contributed by atoms with Gasteiger partial charge >= 0.3 is 0 Å². The maximum Gasteiger partial charge on any atom is 0.255 e. The van der Waals surface area contributed by atoms with Crippen LogP contribution in [0.25, 0.3) is 11.3 Å². The van der Waals surface area contributed by atoms with Crippen molar-refractivity contribution in [3.05, 3.63) is 57.9 Å².